The van der Waals surface area contributed by atoms with Gasteiger partial charge >= 0.3 is 11.9 Å². The minimum atomic E-state index is -1.34. The summed E-state index contributed by atoms with van der Waals surface area (Å²) in [5.41, 5.74) is 0. The van der Waals surface area contributed by atoms with Gasteiger partial charge in [0, 0.05) is 19.5 Å². The van der Waals surface area contributed by atoms with E-state index in [1.165, 1.54) is 38.5 Å². The molecule has 6 N–H and O–H groups in total. The third-order valence-electron chi connectivity index (χ3n) is 4.10. The average Bonchev–Trinajstić information content (AvgIpc) is 2.66. The van der Waals surface area contributed by atoms with E-state index in [1.54, 1.807) is 0 Å². The van der Waals surface area contributed by atoms with Crippen LogP contribution < -0.4 is 10.6 Å². The zero-order chi connectivity index (χ0) is 22.3. The van der Waals surface area contributed by atoms with Crippen LogP contribution in [0.1, 0.15) is 77.6 Å². The zero-order valence-corrected chi connectivity index (χ0v) is 17.7. The van der Waals surface area contributed by atoms with E-state index in [4.69, 9.17) is 20.4 Å². The first-order valence-electron chi connectivity index (χ1n) is 10.5. The topological polar surface area (TPSA) is 156 Å². The molecular formula is C20H40N2O7. The normalized spacial score (nSPS) is 11.3. The number of carboxylic acid groups (broad SMARTS) is 2. The van der Waals surface area contributed by atoms with Gasteiger partial charge in [0.25, 0.3) is 0 Å². The van der Waals surface area contributed by atoms with Crippen molar-refractivity contribution in [3.05, 3.63) is 0 Å². The Bertz CT molecular complexity index is 416. The quantitative estimate of drug-likeness (QED) is 0.182. The molecule has 0 bridgehead atoms. The first kappa shape index (κ1) is 29.5. The van der Waals surface area contributed by atoms with Crippen molar-refractivity contribution in [1.82, 2.24) is 10.6 Å². The molecule has 29 heavy (non-hydrogen) atoms. The third-order valence-corrected chi connectivity index (χ3v) is 4.10. The lowest BCUT2D eigenvalue weighted by atomic mass is 10.1. The summed E-state index contributed by atoms with van der Waals surface area (Å²) in [7, 11) is 0. The lowest BCUT2D eigenvalue weighted by Gasteiger charge is -2.12. The van der Waals surface area contributed by atoms with Gasteiger partial charge in [-0.3, -0.25) is 9.59 Å². The Labute approximate surface area is 173 Å². The molecular weight excluding hydrogens is 380 g/mol. The van der Waals surface area contributed by atoms with Gasteiger partial charge in [-0.05, 0) is 6.42 Å². The van der Waals surface area contributed by atoms with E-state index in [-0.39, 0.29) is 19.6 Å². The van der Waals surface area contributed by atoms with Crippen molar-refractivity contribution < 1.29 is 34.8 Å². The van der Waals surface area contributed by atoms with E-state index in [0.717, 1.165) is 12.8 Å². The van der Waals surface area contributed by atoms with E-state index in [2.05, 4.69) is 17.6 Å². The molecule has 0 fully saturated rings. The second-order valence-electron chi connectivity index (χ2n) is 6.83. The van der Waals surface area contributed by atoms with Crippen LogP contribution in [-0.4, -0.2) is 70.6 Å². The van der Waals surface area contributed by atoms with Crippen molar-refractivity contribution >= 4 is 17.8 Å². The molecule has 9 heteroatoms. The summed E-state index contributed by atoms with van der Waals surface area (Å²) < 4.78 is 0. The number of carbonyl (C=O) groups excluding carboxylic acids is 1. The number of rotatable bonds is 18. The van der Waals surface area contributed by atoms with E-state index in [9.17, 15) is 14.4 Å². The van der Waals surface area contributed by atoms with Crippen LogP contribution in [0.4, 0.5) is 0 Å². The van der Waals surface area contributed by atoms with Crippen molar-refractivity contribution in [2.24, 2.45) is 0 Å². The number of hydrogen-bond acceptors (Lipinski definition) is 6. The van der Waals surface area contributed by atoms with Gasteiger partial charge in [-0.15, -0.1) is 0 Å². The summed E-state index contributed by atoms with van der Waals surface area (Å²) in [6.07, 6.45) is 9.87. The fourth-order valence-electron chi connectivity index (χ4n) is 2.52. The van der Waals surface area contributed by atoms with Crippen molar-refractivity contribution in [2.45, 2.75) is 83.6 Å². The monoisotopic (exact) mass is 420 g/mol. The maximum Gasteiger partial charge on any atom is 0.326 e. The summed E-state index contributed by atoms with van der Waals surface area (Å²) in [5, 5.41) is 38.7. The van der Waals surface area contributed by atoms with E-state index >= 15 is 0 Å². The number of unbranched alkanes of at least 4 members (excludes halogenated alkanes) is 8. The molecule has 0 radical (unpaired) electrons. The highest BCUT2D eigenvalue weighted by Gasteiger charge is 2.22. The number of nitrogens with one attached hydrogen (secondary N) is 2. The number of aliphatic hydroxyl groups is 2. The van der Waals surface area contributed by atoms with Gasteiger partial charge in [0.1, 0.15) is 6.04 Å². The Hall–Kier alpha value is -1.71. The van der Waals surface area contributed by atoms with Gasteiger partial charge in [-0.25, -0.2) is 4.79 Å². The second-order valence-corrected chi connectivity index (χ2v) is 6.83. The lowest BCUT2D eigenvalue weighted by Crippen LogP contribution is -2.42. The number of carboxylic acids is 2. The Balaban J connectivity index is 0. The molecule has 0 aromatic rings. The predicted molar refractivity (Wildman–Crippen MR) is 111 cm³/mol. The van der Waals surface area contributed by atoms with E-state index in [1.807, 2.05) is 0 Å². The zero-order valence-electron chi connectivity index (χ0n) is 17.7. The highest BCUT2D eigenvalue weighted by Crippen LogP contribution is 2.10. The molecule has 0 unspecified atom stereocenters. The molecule has 9 nitrogen and oxygen atoms in total. The Morgan fingerprint density at radius 1 is 0.793 bits per heavy atom. The molecule has 0 aliphatic heterocycles. The Kier molecular flexibility index (Phi) is 23.0. The minimum absolute atomic E-state index is 0.139. The predicted octanol–water partition coefficient (Wildman–Crippen LogP) is 1.51. The first-order chi connectivity index (χ1) is 13.9. The summed E-state index contributed by atoms with van der Waals surface area (Å²) in [4.78, 5) is 32.9. The summed E-state index contributed by atoms with van der Waals surface area (Å²) in [5.74, 6) is -2.95. The van der Waals surface area contributed by atoms with Crippen molar-refractivity contribution in [1.29, 1.82) is 0 Å². The molecule has 0 saturated heterocycles. The van der Waals surface area contributed by atoms with Crippen molar-refractivity contribution in [3.63, 3.8) is 0 Å². The minimum Gasteiger partial charge on any atom is -0.481 e. The van der Waals surface area contributed by atoms with Crippen LogP contribution in [-0.2, 0) is 14.4 Å². The number of amides is 1. The van der Waals surface area contributed by atoms with Crippen LogP contribution in [0, 0.1) is 0 Å². The van der Waals surface area contributed by atoms with Gasteiger partial charge in [0.15, 0.2) is 0 Å². The molecule has 0 spiro atoms. The van der Waals surface area contributed by atoms with E-state index < -0.39 is 30.3 Å². The molecule has 0 aromatic heterocycles. The second kappa shape index (κ2) is 22.6. The highest BCUT2D eigenvalue weighted by atomic mass is 16.4. The van der Waals surface area contributed by atoms with Crippen molar-refractivity contribution in [2.75, 3.05) is 26.3 Å². The standard InChI is InChI=1S/C16H29NO5.C4H11NO2/c1-2-3-4-5-6-7-8-9-10-11-14(18)17-13(16(21)22)12-15(19)20;6-3-1-5-2-4-7/h13H,2-12H2,1H3,(H,17,18)(H,19,20)(H,21,22);5-7H,1-4H2/t13-;/m0./s1. The number of carbonyl (C=O) groups is 3. The maximum atomic E-state index is 11.6. The molecule has 1 atom stereocenters. The SMILES string of the molecule is CCCCCCCCCCCC(=O)N[C@@H](CC(=O)O)C(=O)O.OCCNCCO. The van der Waals surface area contributed by atoms with Crippen LogP contribution in [0.15, 0.2) is 0 Å². The van der Waals surface area contributed by atoms with Crippen LogP contribution >= 0.6 is 0 Å². The first-order valence-corrected chi connectivity index (χ1v) is 10.5. The maximum absolute atomic E-state index is 11.6. The van der Waals surface area contributed by atoms with Gasteiger partial charge in [-0.1, -0.05) is 58.3 Å². The molecule has 0 heterocycles. The fraction of sp³-hybridized carbons (Fsp3) is 0.850. The largest absolute Gasteiger partial charge is 0.481 e. The summed E-state index contributed by atoms with van der Waals surface area (Å²) in [6, 6.07) is -1.34. The molecule has 0 aliphatic carbocycles. The smallest absolute Gasteiger partial charge is 0.326 e. The van der Waals surface area contributed by atoms with E-state index in [0.29, 0.717) is 19.5 Å². The fourth-order valence-corrected chi connectivity index (χ4v) is 2.52. The Morgan fingerprint density at radius 3 is 1.69 bits per heavy atom. The van der Waals surface area contributed by atoms with Crippen LogP contribution in [0.2, 0.25) is 0 Å². The summed E-state index contributed by atoms with van der Waals surface area (Å²) >= 11 is 0. The lowest BCUT2D eigenvalue weighted by molar-refractivity contribution is -0.147. The number of aliphatic carboxylic acids is 2. The number of aliphatic hydroxyl groups excluding tert-OH is 2. The van der Waals surface area contributed by atoms with Crippen LogP contribution in [0.5, 0.6) is 0 Å². The van der Waals surface area contributed by atoms with Gasteiger partial charge < -0.3 is 31.1 Å². The summed E-state index contributed by atoms with van der Waals surface area (Å²) in [6.45, 7) is 3.61. The molecule has 0 aromatic carbocycles. The van der Waals surface area contributed by atoms with Crippen LogP contribution in [0.3, 0.4) is 0 Å². The van der Waals surface area contributed by atoms with Crippen LogP contribution in [0.25, 0.3) is 0 Å². The Morgan fingerprint density at radius 2 is 1.28 bits per heavy atom. The molecule has 0 saturated carbocycles. The molecule has 0 aliphatic rings. The molecule has 1 amide bonds. The average molecular weight is 421 g/mol. The third kappa shape index (κ3) is 24.3. The highest BCUT2D eigenvalue weighted by molar-refractivity contribution is 5.86. The van der Waals surface area contributed by atoms with Gasteiger partial charge in [-0.2, -0.15) is 0 Å². The van der Waals surface area contributed by atoms with Gasteiger partial charge in [0.05, 0.1) is 19.6 Å². The molecule has 0 rings (SSSR count). The molecule has 172 valence electrons. The number of hydrogen-bond donors (Lipinski definition) is 6. The van der Waals surface area contributed by atoms with Crippen molar-refractivity contribution in [3.8, 4) is 0 Å². The van der Waals surface area contributed by atoms with Gasteiger partial charge in [0.2, 0.25) is 5.91 Å².